The van der Waals surface area contributed by atoms with E-state index in [1.807, 2.05) is 30.3 Å². The summed E-state index contributed by atoms with van der Waals surface area (Å²) in [5.74, 6) is -1.03. The minimum absolute atomic E-state index is 0. The number of aliphatic hydroxyl groups excluding tert-OH is 1. The maximum atomic E-state index is 13.3. The largest absolute Gasteiger partial charge is 0.389 e. The molecule has 0 spiro atoms. The van der Waals surface area contributed by atoms with Gasteiger partial charge in [-0.25, -0.2) is 4.39 Å². The number of hydrogen-bond donors (Lipinski definition) is 3. The van der Waals surface area contributed by atoms with Gasteiger partial charge in [-0.1, -0.05) is 30.3 Å². The van der Waals surface area contributed by atoms with Crippen molar-refractivity contribution in [2.24, 2.45) is 0 Å². The van der Waals surface area contributed by atoms with Gasteiger partial charge in [0, 0.05) is 12.7 Å². The number of β-amino-alcohol motifs (C(OH)–C–C–N with tert-alkyl or cyclic N) is 1. The number of benzene rings is 1. The molecule has 1 fully saturated rings. The van der Waals surface area contributed by atoms with Crippen LogP contribution in [0.25, 0.3) is 0 Å². The Hall–Kier alpha value is -2.02. The van der Waals surface area contributed by atoms with Crippen LogP contribution in [-0.4, -0.2) is 35.2 Å². The number of carbonyl (C=O) groups is 1. The summed E-state index contributed by atoms with van der Waals surface area (Å²) in [6.07, 6.45) is 2.10. The van der Waals surface area contributed by atoms with Crippen LogP contribution in [0.1, 0.15) is 22.3 Å². The van der Waals surface area contributed by atoms with E-state index >= 15 is 0 Å². The molecule has 1 amide bonds. The topological polar surface area (TPSA) is 74.2 Å². The lowest BCUT2D eigenvalue weighted by Gasteiger charge is -2.43. The van der Waals surface area contributed by atoms with Crippen molar-refractivity contribution in [2.75, 3.05) is 13.1 Å². The summed E-state index contributed by atoms with van der Waals surface area (Å²) in [4.78, 5) is 16.2. The van der Waals surface area contributed by atoms with E-state index in [9.17, 15) is 14.3 Å². The fourth-order valence-corrected chi connectivity index (χ4v) is 2.97. The third-order valence-electron chi connectivity index (χ3n) is 4.20. The Labute approximate surface area is 145 Å². The van der Waals surface area contributed by atoms with Crippen LogP contribution in [0.15, 0.2) is 48.8 Å². The molecule has 3 rings (SSSR count). The van der Waals surface area contributed by atoms with E-state index < -0.39 is 23.4 Å². The smallest absolute Gasteiger partial charge is 0.253 e. The molecule has 3 N–H and O–H groups in total. The Kier molecular flexibility index (Phi) is 5.88. The van der Waals surface area contributed by atoms with Crippen molar-refractivity contribution in [1.82, 2.24) is 15.6 Å². The monoisotopic (exact) mass is 351 g/mol. The Morgan fingerprint density at radius 2 is 2.08 bits per heavy atom. The van der Waals surface area contributed by atoms with Crippen LogP contribution in [-0.2, 0) is 5.54 Å². The molecule has 1 aliphatic rings. The highest BCUT2D eigenvalue weighted by Gasteiger charge is 2.42. The second-order valence-corrected chi connectivity index (χ2v) is 5.65. The van der Waals surface area contributed by atoms with Gasteiger partial charge in [0.05, 0.1) is 23.4 Å². The van der Waals surface area contributed by atoms with Gasteiger partial charge < -0.3 is 15.7 Å². The summed E-state index contributed by atoms with van der Waals surface area (Å²) in [6, 6.07) is 10.5. The number of amides is 1. The zero-order valence-corrected chi connectivity index (χ0v) is 13.7. The van der Waals surface area contributed by atoms with E-state index in [0.29, 0.717) is 19.5 Å². The van der Waals surface area contributed by atoms with E-state index in [4.69, 9.17) is 0 Å². The fraction of sp³-hybridized carbons (Fsp3) is 0.294. The van der Waals surface area contributed by atoms with Crippen molar-refractivity contribution in [3.8, 4) is 0 Å². The van der Waals surface area contributed by atoms with Crippen LogP contribution in [0.3, 0.4) is 0 Å². The molecule has 1 saturated heterocycles. The maximum absolute atomic E-state index is 13.3. The number of aromatic nitrogens is 1. The van der Waals surface area contributed by atoms with E-state index in [0.717, 1.165) is 17.8 Å². The molecule has 24 heavy (non-hydrogen) atoms. The lowest BCUT2D eigenvalue weighted by molar-refractivity contribution is 0.0289. The molecule has 128 valence electrons. The molecule has 7 heteroatoms. The molecule has 5 nitrogen and oxygen atoms in total. The van der Waals surface area contributed by atoms with Crippen LogP contribution >= 0.6 is 12.4 Å². The highest BCUT2D eigenvalue weighted by molar-refractivity contribution is 5.94. The molecule has 0 bridgehead atoms. The number of nitrogens with zero attached hydrogens (tertiary/aromatic N) is 1. The number of halogens is 2. The second-order valence-electron chi connectivity index (χ2n) is 5.65. The van der Waals surface area contributed by atoms with Gasteiger partial charge in [-0.15, -0.1) is 12.4 Å². The Morgan fingerprint density at radius 1 is 1.33 bits per heavy atom. The first kappa shape index (κ1) is 18.3. The van der Waals surface area contributed by atoms with Gasteiger partial charge in [-0.2, -0.15) is 0 Å². The van der Waals surface area contributed by atoms with Crippen LogP contribution in [0.5, 0.6) is 0 Å². The molecule has 2 heterocycles. The third kappa shape index (κ3) is 3.56. The van der Waals surface area contributed by atoms with E-state index in [1.165, 1.54) is 6.20 Å². The molecule has 0 saturated carbocycles. The first-order valence-electron chi connectivity index (χ1n) is 7.49. The lowest BCUT2D eigenvalue weighted by Crippen LogP contribution is -2.61. The molecule has 0 radical (unpaired) electrons. The second kappa shape index (κ2) is 7.70. The van der Waals surface area contributed by atoms with Gasteiger partial charge in [0.25, 0.3) is 5.91 Å². The van der Waals surface area contributed by atoms with Gasteiger partial charge in [-0.3, -0.25) is 9.78 Å². The first-order valence-corrected chi connectivity index (χ1v) is 7.49. The van der Waals surface area contributed by atoms with Gasteiger partial charge in [0.1, 0.15) is 5.82 Å². The number of pyridine rings is 1. The van der Waals surface area contributed by atoms with Gasteiger partial charge in [0.15, 0.2) is 0 Å². The quantitative estimate of drug-likeness (QED) is 0.785. The van der Waals surface area contributed by atoms with Crippen molar-refractivity contribution in [3.05, 3.63) is 65.7 Å². The fourth-order valence-electron chi connectivity index (χ4n) is 2.97. The summed E-state index contributed by atoms with van der Waals surface area (Å²) in [7, 11) is 0. The van der Waals surface area contributed by atoms with E-state index in [1.54, 1.807) is 0 Å². The zero-order chi connectivity index (χ0) is 16.3. The highest BCUT2D eigenvalue weighted by Crippen LogP contribution is 2.31. The van der Waals surface area contributed by atoms with Gasteiger partial charge in [-0.05, 0) is 24.6 Å². The zero-order valence-electron chi connectivity index (χ0n) is 12.9. The Bertz CT molecular complexity index is 701. The summed E-state index contributed by atoms with van der Waals surface area (Å²) in [6.45, 7) is 1.03. The molecule has 2 aromatic rings. The molecule has 0 aliphatic carbocycles. The summed E-state index contributed by atoms with van der Waals surface area (Å²) in [5.41, 5.74) is 0.0494. The molecule has 1 aliphatic heterocycles. The number of hydrogen-bond acceptors (Lipinski definition) is 4. The van der Waals surface area contributed by atoms with Crippen LogP contribution in [0.4, 0.5) is 4.39 Å². The molecule has 1 aromatic heterocycles. The lowest BCUT2D eigenvalue weighted by atomic mass is 9.79. The summed E-state index contributed by atoms with van der Waals surface area (Å²) < 4.78 is 13.3. The van der Waals surface area contributed by atoms with Gasteiger partial charge in [0.2, 0.25) is 0 Å². The number of rotatable bonds is 3. The van der Waals surface area contributed by atoms with Crippen molar-refractivity contribution < 1.29 is 14.3 Å². The predicted molar refractivity (Wildman–Crippen MR) is 90.5 cm³/mol. The van der Waals surface area contributed by atoms with Crippen LogP contribution in [0, 0.1) is 5.82 Å². The van der Waals surface area contributed by atoms with E-state index in [2.05, 4.69) is 15.6 Å². The van der Waals surface area contributed by atoms with Crippen LogP contribution < -0.4 is 10.6 Å². The predicted octanol–water partition coefficient (Wildman–Crippen LogP) is 1.62. The average Bonchev–Trinajstić information content (AvgIpc) is 2.58. The molecular formula is C17H19ClFN3O2. The molecular weight excluding hydrogens is 333 g/mol. The highest BCUT2D eigenvalue weighted by atomic mass is 35.5. The third-order valence-corrected chi connectivity index (χ3v) is 4.20. The van der Waals surface area contributed by atoms with Crippen molar-refractivity contribution >= 4 is 18.3 Å². The number of piperidine rings is 1. The SMILES string of the molecule is Cl.O=C(N[C@]1(c2ccccc2)CCNC[C@H]1O)c1cncc(F)c1. The number of carbonyl (C=O) groups excluding carboxylic acids is 1. The standard InChI is InChI=1S/C17H18FN3O2.ClH/c18-14-8-12(9-20-10-14)16(23)21-17(6-7-19-11-15(17)22)13-4-2-1-3-5-13;/h1-5,8-10,15,19,22H,6-7,11H2,(H,21,23);1H/t15-,17+;/m1./s1. The normalized spacial score (nSPS) is 23.2. The number of nitrogens with one attached hydrogen (secondary N) is 2. The summed E-state index contributed by atoms with van der Waals surface area (Å²) in [5, 5.41) is 16.6. The van der Waals surface area contributed by atoms with E-state index in [-0.39, 0.29) is 18.0 Å². The average molecular weight is 352 g/mol. The van der Waals surface area contributed by atoms with Gasteiger partial charge >= 0.3 is 0 Å². The molecule has 1 aromatic carbocycles. The van der Waals surface area contributed by atoms with Crippen molar-refractivity contribution in [1.29, 1.82) is 0 Å². The Morgan fingerprint density at radius 3 is 2.75 bits per heavy atom. The minimum Gasteiger partial charge on any atom is -0.389 e. The maximum Gasteiger partial charge on any atom is 0.253 e. The Balaban J connectivity index is 0.00000208. The molecule has 0 unspecified atom stereocenters. The minimum atomic E-state index is -0.907. The van der Waals surface area contributed by atoms with Crippen LogP contribution in [0.2, 0.25) is 0 Å². The van der Waals surface area contributed by atoms with Crippen molar-refractivity contribution in [2.45, 2.75) is 18.1 Å². The molecule has 2 atom stereocenters. The first-order chi connectivity index (χ1) is 11.1. The summed E-state index contributed by atoms with van der Waals surface area (Å²) >= 11 is 0. The number of aliphatic hydroxyl groups is 1. The van der Waals surface area contributed by atoms with Crippen molar-refractivity contribution in [3.63, 3.8) is 0 Å².